The number of carbonyl (C=O) groups is 1. The van der Waals surface area contributed by atoms with E-state index >= 15 is 0 Å². The molecule has 1 fully saturated rings. The second-order valence-corrected chi connectivity index (χ2v) is 4.72. The summed E-state index contributed by atoms with van der Waals surface area (Å²) in [7, 11) is 0. The molecule has 0 spiro atoms. The van der Waals surface area contributed by atoms with Crippen LogP contribution in [0.5, 0.6) is 0 Å². The first kappa shape index (κ1) is 10.8. The summed E-state index contributed by atoms with van der Waals surface area (Å²) in [5.74, 6) is 0.0918. The van der Waals surface area contributed by atoms with Crippen LogP contribution in [0.4, 0.5) is 0 Å². The fraction of sp³-hybridized carbons (Fsp3) is 0.889. The lowest BCUT2D eigenvalue weighted by Gasteiger charge is -2.49. The van der Waals surface area contributed by atoms with E-state index in [9.17, 15) is 9.90 Å². The van der Waals surface area contributed by atoms with Crippen molar-refractivity contribution in [3.8, 4) is 0 Å². The molecule has 1 unspecified atom stereocenters. The summed E-state index contributed by atoms with van der Waals surface area (Å²) in [6.07, 6.45) is 0. The zero-order valence-corrected chi connectivity index (χ0v) is 9.01. The van der Waals surface area contributed by atoms with E-state index in [0.29, 0.717) is 13.1 Å². The number of aliphatic hydroxyl groups is 1. The fourth-order valence-corrected chi connectivity index (χ4v) is 1.53. The maximum atomic E-state index is 11.3. The highest BCUT2D eigenvalue weighted by Gasteiger charge is 2.46. The van der Waals surface area contributed by atoms with Crippen molar-refractivity contribution in [2.75, 3.05) is 13.1 Å². The Bertz CT molecular complexity index is 210. The van der Waals surface area contributed by atoms with Crippen LogP contribution in [0.3, 0.4) is 0 Å². The van der Waals surface area contributed by atoms with Crippen LogP contribution in [0.1, 0.15) is 20.8 Å². The monoisotopic (exact) mass is 205 g/mol. The molecule has 1 N–H and O–H groups in total. The van der Waals surface area contributed by atoms with E-state index in [0.717, 1.165) is 0 Å². The molecule has 0 aromatic heterocycles. The summed E-state index contributed by atoms with van der Waals surface area (Å²) in [5, 5.41) is 9.36. The molecule has 1 heterocycles. The predicted molar refractivity (Wildman–Crippen MR) is 51.7 cm³/mol. The van der Waals surface area contributed by atoms with Gasteiger partial charge in [0, 0.05) is 0 Å². The minimum Gasteiger partial charge on any atom is -0.386 e. The Morgan fingerprint density at radius 2 is 1.92 bits per heavy atom. The highest BCUT2D eigenvalue weighted by atomic mass is 35.5. The highest BCUT2D eigenvalue weighted by Crippen LogP contribution is 2.29. The Balaban J connectivity index is 2.45. The SMILES string of the molecule is CC(Cl)C(=O)N1CC(O)(C(C)C)C1. The Morgan fingerprint density at radius 3 is 2.23 bits per heavy atom. The molecular formula is C9H16ClNO2. The molecule has 0 aromatic rings. The smallest absolute Gasteiger partial charge is 0.240 e. The first-order valence-corrected chi connectivity index (χ1v) is 4.95. The number of hydrogen-bond acceptors (Lipinski definition) is 2. The molecule has 0 aliphatic carbocycles. The number of nitrogens with zero attached hydrogens (tertiary/aromatic N) is 1. The molecule has 1 aliphatic rings. The van der Waals surface area contributed by atoms with Crippen molar-refractivity contribution >= 4 is 17.5 Å². The molecule has 4 heteroatoms. The Morgan fingerprint density at radius 1 is 1.46 bits per heavy atom. The van der Waals surface area contributed by atoms with E-state index in [1.54, 1.807) is 11.8 Å². The standard InChI is InChI=1S/C9H16ClNO2/c1-6(2)9(13)4-11(5-9)8(12)7(3)10/h6-7,13H,4-5H2,1-3H3. The van der Waals surface area contributed by atoms with E-state index in [1.165, 1.54) is 0 Å². The van der Waals surface area contributed by atoms with Crippen molar-refractivity contribution in [3.05, 3.63) is 0 Å². The summed E-state index contributed by atoms with van der Waals surface area (Å²) >= 11 is 5.64. The van der Waals surface area contributed by atoms with Crippen LogP contribution in [0.2, 0.25) is 0 Å². The first-order valence-electron chi connectivity index (χ1n) is 4.52. The second-order valence-electron chi connectivity index (χ2n) is 4.07. The molecular weight excluding hydrogens is 190 g/mol. The van der Waals surface area contributed by atoms with Crippen molar-refractivity contribution in [2.24, 2.45) is 5.92 Å². The van der Waals surface area contributed by atoms with E-state index in [1.807, 2.05) is 13.8 Å². The summed E-state index contributed by atoms with van der Waals surface area (Å²) in [4.78, 5) is 12.9. The molecule has 13 heavy (non-hydrogen) atoms. The maximum absolute atomic E-state index is 11.3. The summed E-state index contributed by atoms with van der Waals surface area (Å²) in [6.45, 7) is 6.38. The van der Waals surface area contributed by atoms with Crippen molar-refractivity contribution in [3.63, 3.8) is 0 Å². The molecule has 1 atom stereocenters. The van der Waals surface area contributed by atoms with Gasteiger partial charge >= 0.3 is 0 Å². The number of alkyl halides is 1. The molecule has 3 nitrogen and oxygen atoms in total. The zero-order chi connectivity index (χ0) is 10.2. The van der Waals surface area contributed by atoms with Crippen LogP contribution in [0, 0.1) is 5.92 Å². The number of amides is 1. The van der Waals surface area contributed by atoms with Gasteiger partial charge in [-0.2, -0.15) is 0 Å². The third-order valence-corrected chi connectivity index (χ3v) is 2.84. The van der Waals surface area contributed by atoms with E-state index < -0.39 is 11.0 Å². The van der Waals surface area contributed by atoms with Crippen LogP contribution < -0.4 is 0 Å². The number of β-amino-alcohol motifs (C(OH)–C–C–N with tert-alkyl or cyclic N) is 1. The lowest BCUT2D eigenvalue weighted by molar-refractivity contribution is -0.163. The first-order chi connectivity index (χ1) is 5.87. The second kappa shape index (κ2) is 3.46. The van der Waals surface area contributed by atoms with Gasteiger partial charge in [0.05, 0.1) is 13.1 Å². The van der Waals surface area contributed by atoms with Crippen molar-refractivity contribution in [1.82, 2.24) is 4.90 Å². The van der Waals surface area contributed by atoms with Gasteiger partial charge in [-0.25, -0.2) is 0 Å². The molecule has 0 bridgehead atoms. The van der Waals surface area contributed by atoms with Crippen LogP contribution in [-0.2, 0) is 4.79 Å². The number of halogens is 1. The molecule has 0 aromatic carbocycles. The normalized spacial score (nSPS) is 22.8. The molecule has 1 amide bonds. The summed E-state index contributed by atoms with van der Waals surface area (Å²) in [6, 6.07) is 0. The molecule has 76 valence electrons. The van der Waals surface area contributed by atoms with Gasteiger partial charge in [-0.3, -0.25) is 4.79 Å². The van der Waals surface area contributed by atoms with Gasteiger partial charge in [0.1, 0.15) is 11.0 Å². The Hall–Kier alpha value is -0.280. The Labute approximate surface area is 83.7 Å². The quantitative estimate of drug-likeness (QED) is 0.679. The van der Waals surface area contributed by atoms with Gasteiger partial charge in [0.25, 0.3) is 0 Å². The van der Waals surface area contributed by atoms with Crippen molar-refractivity contribution in [2.45, 2.75) is 31.7 Å². The Kier molecular flexibility index (Phi) is 2.88. The minimum atomic E-state index is -0.693. The van der Waals surface area contributed by atoms with Crippen molar-refractivity contribution in [1.29, 1.82) is 0 Å². The van der Waals surface area contributed by atoms with Gasteiger partial charge in [-0.1, -0.05) is 13.8 Å². The predicted octanol–water partition coefficient (Wildman–Crippen LogP) is 0.843. The topological polar surface area (TPSA) is 40.5 Å². The lowest BCUT2D eigenvalue weighted by atomic mass is 9.83. The highest BCUT2D eigenvalue weighted by molar-refractivity contribution is 6.30. The largest absolute Gasteiger partial charge is 0.386 e. The van der Waals surface area contributed by atoms with Gasteiger partial charge < -0.3 is 10.0 Å². The molecule has 1 rings (SSSR count). The van der Waals surface area contributed by atoms with Crippen molar-refractivity contribution < 1.29 is 9.90 Å². The number of carbonyl (C=O) groups excluding carboxylic acids is 1. The van der Waals surface area contributed by atoms with Gasteiger partial charge in [-0.15, -0.1) is 11.6 Å². The number of hydrogen-bond donors (Lipinski definition) is 1. The average Bonchev–Trinajstić information content (AvgIpc) is 1.96. The lowest BCUT2D eigenvalue weighted by Crippen LogP contribution is -2.66. The number of likely N-dealkylation sites (tertiary alicyclic amines) is 1. The van der Waals surface area contributed by atoms with Crippen LogP contribution in [-0.4, -0.2) is 40.0 Å². The van der Waals surface area contributed by atoms with Gasteiger partial charge in [0.15, 0.2) is 0 Å². The van der Waals surface area contributed by atoms with Crippen LogP contribution >= 0.6 is 11.6 Å². The minimum absolute atomic E-state index is 0.0907. The third-order valence-electron chi connectivity index (χ3n) is 2.66. The van der Waals surface area contributed by atoms with E-state index in [-0.39, 0.29) is 11.8 Å². The van der Waals surface area contributed by atoms with Gasteiger partial charge in [-0.05, 0) is 12.8 Å². The van der Waals surface area contributed by atoms with Crippen LogP contribution in [0.15, 0.2) is 0 Å². The molecule has 1 saturated heterocycles. The zero-order valence-electron chi connectivity index (χ0n) is 8.25. The molecule has 0 radical (unpaired) electrons. The molecule has 0 saturated carbocycles. The fourth-order valence-electron chi connectivity index (χ4n) is 1.39. The summed E-state index contributed by atoms with van der Waals surface area (Å²) < 4.78 is 0. The van der Waals surface area contributed by atoms with Gasteiger partial charge in [0.2, 0.25) is 5.91 Å². The maximum Gasteiger partial charge on any atom is 0.240 e. The number of rotatable bonds is 2. The van der Waals surface area contributed by atoms with Crippen LogP contribution in [0.25, 0.3) is 0 Å². The molecule has 1 aliphatic heterocycles. The average molecular weight is 206 g/mol. The summed E-state index contributed by atoms with van der Waals surface area (Å²) in [5.41, 5.74) is -0.693. The van der Waals surface area contributed by atoms with E-state index in [2.05, 4.69) is 0 Å². The third kappa shape index (κ3) is 1.97. The van der Waals surface area contributed by atoms with E-state index in [4.69, 9.17) is 11.6 Å².